The molecule has 46 heavy (non-hydrogen) atoms. The maximum absolute atomic E-state index is 13.7. The number of benzene rings is 3. The minimum atomic E-state index is -0.656. The highest BCUT2D eigenvalue weighted by Crippen LogP contribution is 2.37. The van der Waals surface area contributed by atoms with Gasteiger partial charge in [-0.25, -0.2) is 9.78 Å². The van der Waals surface area contributed by atoms with Gasteiger partial charge in [-0.3, -0.25) is 15.0 Å². The Kier molecular flexibility index (Phi) is 9.46. The number of ether oxygens (including phenoxy) is 2. The summed E-state index contributed by atoms with van der Waals surface area (Å²) in [5.41, 5.74) is 8.41. The van der Waals surface area contributed by atoms with Crippen LogP contribution in [0.3, 0.4) is 0 Å². The zero-order valence-electron chi connectivity index (χ0n) is 26.1. The largest absolute Gasteiger partial charge is 0.481 e. The maximum atomic E-state index is 13.7. The van der Waals surface area contributed by atoms with Crippen molar-refractivity contribution in [3.05, 3.63) is 113 Å². The third kappa shape index (κ3) is 7.23. The SMILES string of the molecule is COc1ccc(-c2ccc(C(=O)N[C@@H]3CCCC3(C)C)cc2C(=O)OCc2ccccc2)c(C(=O)Nc2ccc(C(=N)N)cc2)n1. The monoisotopic (exact) mass is 619 g/mol. The highest BCUT2D eigenvalue weighted by Gasteiger charge is 2.35. The first-order chi connectivity index (χ1) is 22.1. The number of hydrogen-bond donors (Lipinski definition) is 4. The van der Waals surface area contributed by atoms with Crippen LogP contribution in [-0.2, 0) is 11.3 Å². The zero-order chi connectivity index (χ0) is 32.8. The van der Waals surface area contributed by atoms with Gasteiger partial charge in [0.2, 0.25) is 5.88 Å². The lowest BCUT2D eigenvalue weighted by molar-refractivity contribution is 0.0473. The van der Waals surface area contributed by atoms with Crippen molar-refractivity contribution in [1.29, 1.82) is 5.41 Å². The van der Waals surface area contributed by atoms with Crippen LogP contribution >= 0.6 is 0 Å². The van der Waals surface area contributed by atoms with Crippen LogP contribution in [0.25, 0.3) is 11.1 Å². The summed E-state index contributed by atoms with van der Waals surface area (Å²) in [6, 6.07) is 23.8. The third-order valence-electron chi connectivity index (χ3n) is 8.31. The number of carbonyl (C=O) groups is 3. The summed E-state index contributed by atoms with van der Waals surface area (Å²) in [6.45, 7) is 4.30. The van der Waals surface area contributed by atoms with Crippen molar-refractivity contribution < 1.29 is 23.9 Å². The smallest absolute Gasteiger partial charge is 0.339 e. The molecule has 1 fully saturated rings. The van der Waals surface area contributed by atoms with Gasteiger partial charge in [-0.15, -0.1) is 0 Å². The van der Waals surface area contributed by atoms with E-state index >= 15 is 0 Å². The molecule has 0 aliphatic heterocycles. The second-order valence-electron chi connectivity index (χ2n) is 11.9. The number of carbonyl (C=O) groups excluding carboxylic acids is 3. The topological polar surface area (TPSA) is 156 Å². The van der Waals surface area contributed by atoms with Crippen molar-refractivity contribution in [2.45, 2.75) is 45.8 Å². The average molecular weight is 620 g/mol. The summed E-state index contributed by atoms with van der Waals surface area (Å²) in [5.74, 6) is -1.40. The molecule has 0 saturated heterocycles. The highest BCUT2D eigenvalue weighted by molar-refractivity contribution is 6.10. The number of nitrogens with two attached hydrogens (primary N) is 1. The number of rotatable bonds is 10. The number of amidine groups is 1. The highest BCUT2D eigenvalue weighted by atomic mass is 16.5. The second kappa shape index (κ2) is 13.6. The normalized spacial score (nSPS) is 15.1. The molecule has 5 N–H and O–H groups in total. The second-order valence-corrected chi connectivity index (χ2v) is 11.9. The zero-order valence-corrected chi connectivity index (χ0v) is 26.1. The van der Waals surface area contributed by atoms with E-state index in [1.807, 2.05) is 30.3 Å². The number of nitrogen functional groups attached to an aromatic ring is 1. The predicted octanol–water partition coefficient (Wildman–Crippen LogP) is 5.96. The molecule has 1 aliphatic carbocycles. The van der Waals surface area contributed by atoms with Crippen LogP contribution < -0.4 is 21.1 Å². The van der Waals surface area contributed by atoms with Gasteiger partial charge in [-0.1, -0.05) is 56.7 Å². The number of nitrogens with one attached hydrogen (secondary N) is 3. The average Bonchev–Trinajstić information content (AvgIpc) is 3.40. The molecule has 1 aromatic heterocycles. The lowest BCUT2D eigenvalue weighted by atomic mass is 9.87. The van der Waals surface area contributed by atoms with E-state index in [2.05, 4.69) is 29.5 Å². The van der Waals surface area contributed by atoms with Gasteiger partial charge in [0.25, 0.3) is 11.8 Å². The number of anilines is 1. The summed E-state index contributed by atoms with van der Waals surface area (Å²) < 4.78 is 11.0. The molecule has 10 nitrogen and oxygen atoms in total. The summed E-state index contributed by atoms with van der Waals surface area (Å²) in [6.07, 6.45) is 2.94. The number of methoxy groups -OCH3 is 1. The Morgan fingerprint density at radius 1 is 0.935 bits per heavy atom. The fraction of sp³-hybridized carbons (Fsp3) is 0.250. The van der Waals surface area contributed by atoms with Crippen molar-refractivity contribution in [3.63, 3.8) is 0 Å². The van der Waals surface area contributed by atoms with Crippen LogP contribution in [0.1, 0.15) is 75.4 Å². The molecule has 0 radical (unpaired) electrons. The molecule has 1 aliphatic rings. The van der Waals surface area contributed by atoms with Gasteiger partial charge in [-0.05, 0) is 71.8 Å². The van der Waals surface area contributed by atoms with Crippen molar-refractivity contribution in [2.24, 2.45) is 11.1 Å². The number of aromatic nitrogens is 1. The Morgan fingerprint density at radius 2 is 1.63 bits per heavy atom. The minimum absolute atomic E-state index is 0.00277. The molecular weight excluding hydrogens is 582 g/mol. The van der Waals surface area contributed by atoms with E-state index in [9.17, 15) is 14.4 Å². The van der Waals surface area contributed by atoms with Gasteiger partial charge in [0.05, 0.1) is 12.7 Å². The maximum Gasteiger partial charge on any atom is 0.339 e. The van der Waals surface area contributed by atoms with Crippen molar-refractivity contribution in [1.82, 2.24) is 10.3 Å². The number of hydrogen-bond acceptors (Lipinski definition) is 7. The van der Waals surface area contributed by atoms with Crippen molar-refractivity contribution >= 4 is 29.3 Å². The number of amides is 2. The first-order valence-corrected chi connectivity index (χ1v) is 15.0. The van der Waals surface area contributed by atoms with Gasteiger partial charge >= 0.3 is 5.97 Å². The van der Waals surface area contributed by atoms with Gasteiger partial charge in [0.15, 0.2) is 0 Å². The Bertz CT molecular complexity index is 1770. The number of nitrogens with zero attached hydrogens (tertiary/aromatic N) is 1. The molecule has 236 valence electrons. The van der Waals surface area contributed by atoms with E-state index < -0.39 is 11.9 Å². The lowest BCUT2D eigenvalue weighted by Crippen LogP contribution is -2.41. The van der Waals surface area contributed by atoms with Crippen molar-refractivity contribution in [2.75, 3.05) is 12.4 Å². The molecule has 0 unspecified atom stereocenters. The lowest BCUT2D eigenvalue weighted by Gasteiger charge is -2.28. The molecule has 4 aromatic rings. The molecule has 3 aromatic carbocycles. The molecular formula is C36H37N5O5. The van der Waals surface area contributed by atoms with Gasteiger partial charge in [-0.2, -0.15) is 0 Å². The summed E-state index contributed by atoms with van der Waals surface area (Å²) in [5, 5.41) is 13.6. The molecule has 5 rings (SSSR count). The first kappa shape index (κ1) is 31.9. The molecule has 1 heterocycles. The van der Waals surface area contributed by atoms with Crippen LogP contribution in [0.5, 0.6) is 5.88 Å². The van der Waals surface area contributed by atoms with Gasteiger partial charge in [0, 0.05) is 34.5 Å². The van der Waals surface area contributed by atoms with E-state index in [-0.39, 0.29) is 46.9 Å². The van der Waals surface area contributed by atoms with Crippen LogP contribution in [0, 0.1) is 10.8 Å². The van der Waals surface area contributed by atoms with E-state index in [0.717, 1.165) is 24.8 Å². The molecule has 2 amide bonds. The molecule has 1 saturated carbocycles. The Balaban J connectivity index is 1.52. The van der Waals surface area contributed by atoms with Gasteiger partial charge in [0.1, 0.15) is 18.1 Å². The Morgan fingerprint density at radius 3 is 2.28 bits per heavy atom. The van der Waals surface area contributed by atoms with Gasteiger partial charge < -0.3 is 25.8 Å². The fourth-order valence-corrected chi connectivity index (χ4v) is 5.59. The summed E-state index contributed by atoms with van der Waals surface area (Å²) >= 11 is 0. The van der Waals surface area contributed by atoms with E-state index in [4.69, 9.17) is 20.6 Å². The molecule has 1 atom stereocenters. The Labute approximate surface area is 267 Å². The van der Waals surface area contributed by atoms with E-state index in [0.29, 0.717) is 27.9 Å². The minimum Gasteiger partial charge on any atom is -0.481 e. The van der Waals surface area contributed by atoms with Crippen LogP contribution in [0.15, 0.2) is 84.9 Å². The summed E-state index contributed by atoms with van der Waals surface area (Å²) in [4.78, 5) is 45.2. The molecule has 0 bridgehead atoms. The number of pyridine rings is 1. The first-order valence-electron chi connectivity index (χ1n) is 15.0. The Hall–Kier alpha value is -5.51. The predicted molar refractivity (Wildman–Crippen MR) is 176 cm³/mol. The van der Waals surface area contributed by atoms with Crippen molar-refractivity contribution in [3.8, 4) is 17.0 Å². The van der Waals surface area contributed by atoms with Crippen LogP contribution in [0.4, 0.5) is 5.69 Å². The number of esters is 1. The van der Waals surface area contributed by atoms with Crippen LogP contribution in [-0.4, -0.2) is 41.8 Å². The fourth-order valence-electron chi connectivity index (χ4n) is 5.59. The third-order valence-corrected chi connectivity index (χ3v) is 8.31. The van der Waals surface area contributed by atoms with Crippen LogP contribution in [0.2, 0.25) is 0 Å². The molecule has 10 heteroatoms. The molecule has 0 spiro atoms. The van der Waals surface area contributed by atoms with E-state index in [1.54, 1.807) is 48.5 Å². The summed E-state index contributed by atoms with van der Waals surface area (Å²) in [7, 11) is 1.44. The van der Waals surface area contributed by atoms with E-state index in [1.165, 1.54) is 13.2 Å². The standard InChI is InChI=1S/C36H37N5O5/c1-36(2)19-7-10-29(36)40-33(42)24-13-16-26(28(20-24)35(44)46-21-22-8-5-4-6-9-22)27-17-18-30(45-3)41-31(27)34(43)39-25-14-11-23(12-15-25)32(37)38/h4-6,8-9,11-18,20,29H,7,10,19,21H2,1-3H3,(H3,37,38)(H,39,43)(H,40,42)/t29-/m1/s1. The quantitative estimate of drug-likeness (QED) is 0.0969.